The van der Waals surface area contributed by atoms with E-state index in [0.717, 1.165) is 21.7 Å². The monoisotopic (exact) mass is 299 g/mol. The molecule has 1 N–H and O–H groups in total. The van der Waals surface area contributed by atoms with Gasteiger partial charge in [0, 0.05) is 10.6 Å². The maximum absolute atomic E-state index is 12.1. The lowest BCUT2D eigenvalue weighted by atomic mass is 10.1. The van der Waals surface area contributed by atoms with Crippen molar-refractivity contribution in [1.29, 1.82) is 0 Å². The first kappa shape index (κ1) is 15.6. The number of hydrogen-bond acceptors (Lipinski definition) is 2. The predicted molar refractivity (Wildman–Crippen MR) is 91.2 cm³/mol. The van der Waals surface area contributed by atoms with Crippen LogP contribution >= 0.6 is 11.8 Å². The van der Waals surface area contributed by atoms with E-state index in [1.807, 2.05) is 26.0 Å². The minimum Gasteiger partial charge on any atom is -0.325 e. The van der Waals surface area contributed by atoms with Crippen LogP contribution in [-0.4, -0.2) is 11.7 Å². The topological polar surface area (TPSA) is 29.1 Å². The number of carbonyl (C=O) groups excluding carboxylic acids is 1. The van der Waals surface area contributed by atoms with E-state index in [4.69, 9.17) is 0 Å². The van der Waals surface area contributed by atoms with Crippen molar-refractivity contribution in [1.82, 2.24) is 0 Å². The molecule has 0 atom stereocenters. The summed E-state index contributed by atoms with van der Waals surface area (Å²) in [4.78, 5) is 13.2. The Morgan fingerprint density at radius 2 is 1.67 bits per heavy atom. The van der Waals surface area contributed by atoms with E-state index in [1.165, 1.54) is 11.1 Å². The average molecular weight is 299 g/mol. The smallest absolute Gasteiger partial charge is 0.234 e. The number of amides is 1. The van der Waals surface area contributed by atoms with Gasteiger partial charge < -0.3 is 5.32 Å². The molecule has 0 aliphatic carbocycles. The second kappa shape index (κ2) is 6.81. The Bertz CT molecular complexity index is 664. The Morgan fingerprint density at radius 3 is 2.38 bits per heavy atom. The number of nitrogens with one attached hydrogen (secondary N) is 1. The maximum Gasteiger partial charge on any atom is 0.234 e. The van der Waals surface area contributed by atoms with Crippen LogP contribution in [0.4, 0.5) is 5.69 Å². The number of anilines is 1. The molecule has 0 spiro atoms. The summed E-state index contributed by atoms with van der Waals surface area (Å²) in [6.07, 6.45) is 0. The third-order valence-corrected chi connectivity index (χ3v) is 4.51. The van der Waals surface area contributed by atoms with Crippen LogP contribution in [-0.2, 0) is 4.79 Å². The summed E-state index contributed by atoms with van der Waals surface area (Å²) in [5.74, 6) is 0.461. The Morgan fingerprint density at radius 1 is 0.952 bits per heavy atom. The lowest BCUT2D eigenvalue weighted by Crippen LogP contribution is -2.14. The molecule has 2 aromatic carbocycles. The first-order valence-corrected chi connectivity index (χ1v) is 8.01. The van der Waals surface area contributed by atoms with E-state index in [2.05, 4.69) is 43.4 Å². The van der Waals surface area contributed by atoms with Crippen LogP contribution in [0.2, 0.25) is 0 Å². The highest BCUT2D eigenvalue weighted by molar-refractivity contribution is 8.00. The van der Waals surface area contributed by atoms with Crippen LogP contribution in [0, 0.1) is 27.7 Å². The minimum atomic E-state index is 0.0342. The van der Waals surface area contributed by atoms with Gasteiger partial charge in [-0.05, 0) is 68.1 Å². The van der Waals surface area contributed by atoms with Gasteiger partial charge in [0.15, 0.2) is 0 Å². The maximum atomic E-state index is 12.1. The van der Waals surface area contributed by atoms with Gasteiger partial charge in [0.25, 0.3) is 0 Å². The zero-order valence-electron chi connectivity index (χ0n) is 13.0. The van der Waals surface area contributed by atoms with E-state index >= 15 is 0 Å². The van der Waals surface area contributed by atoms with Crippen LogP contribution in [0.25, 0.3) is 0 Å². The van der Waals surface area contributed by atoms with Crippen molar-refractivity contribution in [3.63, 3.8) is 0 Å². The van der Waals surface area contributed by atoms with Gasteiger partial charge >= 0.3 is 0 Å². The van der Waals surface area contributed by atoms with Gasteiger partial charge in [-0.2, -0.15) is 0 Å². The molecule has 0 aliphatic rings. The van der Waals surface area contributed by atoms with Gasteiger partial charge in [0.1, 0.15) is 0 Å². The molecule has 0 unspecified atom stereocenters. The van der Waals surface area contributed by atoms with Crippen LogP contribution in [0.1, 0.15) is 22.3 Å². The summed E-state index contributed by atoms with van der Waals surface area (Å²) in [6, 6.07) is 12.4. The summed E-state index contributed by atoms with van der Waals surface area (Å²) < 4.78 is 0. The molecule has 110 valence electrons. The molecular formula is C18H21NOS. The van der Waals surface area contributed by atoms with Crippen LogP contribution in [0.3, 0.4) is 0 Å². The van der Waals surface area contributed by atoms with Gasteiger partial charge in [-0.25, -0.2) is 0 Å². The Balaban J connectivity index is 1.95. The lowest BCUT2D eigenvalue weighted by Gasteiger charge is -2.09. The fraction of sp³-hybridized carbons (Fsp3) is 0.278. The summed E-state index contributed by atoms with van der Waals surface area (Å²) in [7, 11) is 0. The standard InChI is InChI=1S/C18H21NOS/c1-12-5-6-14(3)17(9-12)19-18(20)11-21-16-8-7-13(2)15(4)10-16/h5-10H,11H2,1-4H3,(H,19,20). The Kier molecular flexibility index (Phi) is 5.07. The van der Waals surface area contributed by atoms with E-state index in [0.29, 0.717) is 5.75 Å². The van der Waals surface area contributed by atoms with E-state index in [1.54, 1.807) is 11.8 Å². The van der Waals surface area contributed by atoms with Crippen LogP contribution < -0.4 is 5.32 Å². The highest BCUT2D eigenvalue weighted by atomic mass is 32.2. The molecule has 0 bridgehead atoms. The second-order valence-electron chi connectivity index (χ2n) is 5.40. The number of carbonyl (C=O) groups is 1. The Labute approximate surface area is 131 Å². The largest absolute Gasteiger partial charge is 0.325 e. The quantitative estimate of drug-likeness (QED) is 0.833. The molecule has 0 saturated heterocycles. The van der Waals surface area contributed by atoms with Gasteiger partial charge in [-0.3, -0.25) is 4.79 Å². The predicted octanol–water partition coefficient (Wildman–Crippen LogP) is 4.65. The normalized spacial score (nSPS) is 10.5. The highest BCUT2D eigenvalue weighted by Gasteiger charge is 2.06. The van der Waals surface area contributed by atoms with Crippen LogP contribution in [0.15, 0.2) is 41.3 Å². The molecule has 0 radical (unpaired) electrons. The molecular weight excluding hydrogens is 278 g/mol. The second-order valence-corrected chi connectivity index (χ2v) is 6.45. The van der Waals surface area contributed by atoms with Gasteiger partial charge in [-0.15, -0.1) is 11.8 Å². The molecule has 2 nitrogen and oxygen atoms in total. The first-order chi connectivity index (χ1) is 9.95. The fourth-order valence-corrected chi connectivity index (χ4v) is 2.80. The van der Waals surface area contributed by atoms with Gasteiger partial charge in [0.2, 0.25) is 5.91 Å². The van der Waals surface area contributed by atoms with E-state index < -0.39 is 0 Å². The third kappa shape index (κ3) is 4.36. The molecule has 0 aliphatic heterocycles. The van der Waals surface area contributed by atoms with Gasteiger partial charge in [0.05, 0.1) is 5.75 Å². The summed E-state index contributed by atoms with van der Waals surface area (Å²) in [6.45, 7) is 8.22. The molecule has 21 heavy (non-hydrogen) atoms. The average Bonchev–Trinajstić information content (AvgIpc) is 2.44. The molecule has 3 heteroatoms. The van der Waals surface area contributed by atoms with Crippen molar-refractivity contribution in [2.45, 2.75) is 32.6 Å². The zero-order valence-corrected chi connectivity index (χ0v) is 13.8. The molecule has 0 aromatic heterocycles. The molecule has 0 heterocycles. The third-order valence-electron chi connectivity index (χ3n) is 3.52. The van der Waals surface area contributed by atoms with Crippen molar-refractivity contribution < 1.29 is 4.79 Å². The van der Waals surface area contributed by atoms with Crippen molar-refractivity contribution in [2.24, 2.45) is 0 Å². The molecule has 2 rings (SSSR count). The Hall–Kier alpha value is -1.74. The number of thioether (sulfide) groups is 1. The van der Waals surface area contributed by atoms with E-state index in [9.17, 15) is 4.79 Å². The van der Waals surface area contributed by atoms with Crippen molar-refractivity contribution in [3.05, 3.63) is 58.7 Å². The highest BCUT2D eigenvalue weighted by Crippen LogP contribution is 2.22. The lowest BCUT2D eigenvalue weighted by molar-refractivity contribution is -0.113. The molecule has 0 fully saturated rings. The number of rotatable bonds is 4. The first-order valence-electron chi connectivity index (χ1n) is 7.03. The minimum absolute atomic E-state index is 0.0342. The van der Waals surface area contributed by atoms with Crippen LogP contribution in [0.5, 0.6) is 0 Å². The number of aryl methyl sites for hydroxylation is 4. The fourth-order valence-electron chi connectivity index (χ4n) is 2.01. The molecule has 2 aromatic rings. The zero-order chi connectivity index (χ0) is 15.4. The summed E-state index contributed by atoms with van der Waals surface area (Å²) in [5, 5.41) is 2.99. The van der Waals surface area contributed by atoms with E-state index in [-0.39, 0.29) is 5.91 Å². The van der Waals surface area contributed by atoms with Crippen molar-refractivity contribution >= 4 is 23.4 Å². The number of hydrogen-bond donors (Lipinski definition) is 1. The van der Waals surface area contributed by atoms with Crippen molar-refractivity contribution in [2.75, 3.05) is 11.1 Å². The SMILES string of the molecule is Cc1ccc(C)c(NC(=O)CSc2ccc(C)c(C)c2)c1. The van der Waals surface area contributed by atoms with Crippen molar-refractivity contribution in [3.8, 4) is 0 Å². The summed E-state index contributed by atoms with van der Waals surface area (Å²) in [5.41, 5.74) is 5.68. The molecule has 0 saturated carbocycles. The van der Waals surface area contributed by atoms with Gasteiger partial charge in [-0.1, -0.05) is 18.2 Å². The summed E-state index contributed by atoms with van der Waals surface area (Å²) >= 11 is 1.57. The number of benzene rings is 2. The molecule has 1 amide bonds.